The number of amides is 1. The summed E-state index contributed by atoms with van der Waals surface area (Å²) in [4.78, 5) is 30.8. The zero-order chi connectivity index (χ0) is 23.7. The number of fused-ring (bicyclic) bond motifs is 5. The quantitative estimate of drug-likeness (QED) is 0.529. The number of carbonyl (C=O) groups is 2. The number of anilines is 1. The van der Waals surface area contributed by atoms with Crippen molar-refractivity contribution < 1.29 is 19.1 Å². The number of rotatable bonds is 3. The summed E-state index contributed by atoms with van der Waals surface area (Å²) in [5, 5.41) is 3.75. The monoisotopic (exact) mass is 486 g/mol. The highest BCUT2D eigenvalue weighted by molar-refractivity contribution is 6.30. The molecule has 0 aromatic heterocycles. The number of halogens is 1. The van der Waals surface area contributed by atoms with Crippen LogP contribution in [0.4, 0.5) is 5.69 Å². The van der Waals surface area contributed by atoms with Crippen molar-refractivity contribution in [3.63, 3.8) is 0 Å². The molecule has 3 aromatic carbocycles. The fraction of sp³-hybridized carbons (Fsp3) is 0.286. The van der Waals surface area contributed by atoms with Crippen LogP contribution in [0.5, 0.6) is 11.5 Å². The van der Waals surface area contributed by atoms with Gasteiger partial charge in [0.05, 0.1) is 5.92 Å². The number of benzene rings is 3. The summed E-state index contributed by atoms with van der Waals surface area (Å²) >= 11 is 6.22. The van der Waals surface area contributed by atoms with E-state index in [1.54, 1.807) is 18.2 Å². The lowest BCUT2D eigenvalue weighted by Crippen LogP contribution is -2.52. The molecule has 1 amide bonds. The Kier molecular flexibility index (Phi) is 4.54. The van der Waals surface area contributed by atoms with Crippen LogP contribution >= 0.6 is 11.6 Å². The van der Waals surface area contributed by atoms with Crippen LogP contribution in [0, 0.1) is 5.92 Å². The maximum Gasteiger partial charge on any atom is 0.250 e. The molecule has 4 aliphatic heterocycles. The lowest BCUT2D eigenvalue weighted by molar-refractivity contribution is -0.127. The highest BCUT2D eigenvalue weighted by Gasteiger charge is 2.69. The van der Waals surface area contributed by atoms with Crippen LogP contribution in [-0.4, -0.2) is 36.0 Å². The van der Waals surface area contributed by atoms with Crippen molar-refractivity contribution in [1.82, 2.24) is 4.90 Å². The van der Waals surface area contributed by atoms with Crippen molar-refractivity contribution in [2.45, 2.75) is 30.3 Å². The molecule has 3 aromatic rings. The summed E-state index contributed by atoms with van der Waals surface area (Å²) < 4.78 is 11.0. The van der Waals surface area contributed by atoms with Crippen LogP contribution in [0.2, 0.25) is 5.02 Å². The average Bonchev–Trinajstić information content (AvgIpc) is 3.63. The van der Waals surface area contributed by atoms with Gasteiger partial charge in [-0.15, -0.1) is 0 Å². The van der Waals surface area contributed by atoms with E-state index < -0.39 is 11.5 Å². The molecule has 7 heteroatoms. The van der Waals surface area contributed by atoms with E-state index in [-0.39, 0.29) is 30.4 Å². The molecular formula is C28H23ClN2O4. The minimum atomic E-state index is -1.07. The van der Waals surface area contributed by atoms with Gasteiger partial charge in [-0.1, -0.05) is 41.9 Å². The van der Waals surface area contributed by atoms with Gasteiger partial charge in [0.15, 0.2) is 17.3 Å². The average molecular weight is 487 g/mol. The predicted molar refractivity (Wildman–Crippen MR) is 131 cm³/mol. The van der Waals surface area contributed by atoms with Crippen molar-refractivity contribution in [1.29, 1.82) is 0 Å². The first-order chi connectivity index (χ1) is 17.1. The van der Waals surface area contributed by atoms with Gasteiger partial charge in [0.1, 0.15) is 5.54 Å². The Hall–Kier alpha value is -3.35. The maximum absolute atomic E-state index is 14.5. The highest BCUT2D eigenvalue weighted by Crippen LogP contribution is 2.61. The molecule has 0 bridgehead atoms. The molecule has 4 atom stereocenters. The molecule has 0 saturated carbocycles. The Morgan fingerprint density at radius 1 is 1.03 bits per heavy atom. The standard InChI is InChI=1S/C28H23ClN2O4/c29-18-10-7-16(8-11-18)24-21-6-3-13-31(21)28(19-4-1-2-5-20(19)30-27(28)33)25(24)26(32)17-9-12-22-23(14-17)35-15-34-22/h1-2,4-5,7-12,14,21,24-25H,3,6,13,15H2,(H,30,33)/t21-,24+,25-,28+/m0/s1. The van der Waals surface area contributed by atoms with Crippen LogP contribution in [0.15, 0.2) is 66.7 Å². The van der Waals surface area contributed by atoms with Gasteiger partial charge in [-0.25, -0.2) is 0 Å². The molecule has 7 rings (SSSR count). The van der Waals surface area contributed by atoms with E-state index >= 15 is 0 Å². The molecule has 1 spiro atoms. The molecule has 1 N–H and O–H groups in total. The van der Waals surface area contributed by atoms with Gasteiger partial charge in [-0.3, -0.25) is 14.5 Å². The predicted octanol–water partition coefficient (Wildman–Crippen LogP) is 4.98. The molecule has 2 saturated heterocycles. The Bertz CT molecular complexity index is 1370. The molecule has 0 radical (unpaired) electrons. The summed E-state index contributed by atoms with van der Waals surface area (Å²) in [5.41, 5.74) is 2.14. The van der Waals surface area contributed by atoms with Gasteiger partial charge in [0, 0.05) is 33.8 Å². The molecule has 176 valence electrons. The zero-order valence-corrected chi connectivity index (χ0v) is 19.6. The first-order valence-corrected chi connectivity index (χ1v) is 12.3. The second-order valence-corrected chi connectivity index (χ2v) is 10.1. The number of Topliss-reactive ketones (excluding diaryl/α,β-unsaturated/α-hetero) is 1. The minimum absolute atomic E-state index is 0.0653. The third kappa shape index (κ3) is 2.81. The molecule has 35 heavy (non-hydrogen) atoms. The fourth-order valence-electron chi connectivity index (χ4n) is 6.80. The Morgan fingerprint density at radius 3 is 2.69 bits per heavy atom. The van der Waals surface area contributed by atoms with Gasteiger partial charge in [-0.05, 0) is 61.3 Å². The number of ketones is 1. The SMILES string of the molecule is O=C(c1ccc2c(c1)OCO2)[C@@H]1[C@H](c2ccc(Cl)cc2)[C@@H]2CCCN2[C@@]12C(=O)Nc1ccccc12. The van der Waals surface area contributed by atoms with E-state index in [1.807, 2.05) is 48.5 Å². The fourth-order valence-corrected chi connectivity index (χ4v) is 6.93. The summed E-state index contributed by atoms with van der Waals surface area (Å²) in [7, 11) is 0. The van der Waals surface area contributed by atoms with Crippen molar-refractivity contribution in [2.75, 3.05) is 18.7 Å². The van der Waals surface area contributed by atoms with Gasteiger partial charge >= 0.3 is 0 Å². The van der Waals surface area contributed by atoms with E-state index in [0.717, 1.165) is 36.2 Å². The second-order valence-electron chi connectivity index (χ2n) is 9.66. The van der Waals surface area contributed by atoms with Crippen LogP contribution in [0.3, 0.4) is 0 Å². The molecule has 4 heterocycles. The highest BCUT2D eigenvalue weighted by atomic mass is 35.5. The molecule has 6 nitrogen and oxygen atoms in total. The third-order valence-corrected chi connectivity index (χ3v) is 8.35. The number of hydrogen-bond donors (Lipinski definition) is 1. The van der Waals surface area contributed by atoms with E-state index in [0.29, 0.717) is 22.1 Å². The van der Waals surface area contributed by atoms with Crippen molar-refractivity contribution >= 4 is 29.0 Å². The number of carbonyl (C=O) groups excluding carboxylic acids is 2. The third-order valence-electron chi connectivity index (χ3n) is 8.10. The van der Waals surface area contributed by atoms with E-state index in [1.165, 1.54) is 0 Å². The lowest BCUT2D eigenvalue weighted by Gasteiger charge is -2.36. The first kappa shape index (κ1) is 21.0. The first-order valence-electron chi connectivity index (χ1n) is 12.0. The van der Waals surface area contributed by atoms with Crippen LogP contribution in [-0.2, 0) is 10.3 Å². The van der Waals surface area contributed by atoms with E-state index in [9.17, 15) is 9.59 Å². The van der Waals surface area contributed by atoms with Crippen LogP contribution < -0.4 is 14.8 Å². The van der Waals surface area contributed by atoms with E-state index in [2.05, 4.69) is 10.2 Å². The molecule has 2 fully saturated rings. The summed E-state index contributed by atoms with van der Waals surface area (Å²) in [5.74, 6) is 0.220. The van der Waals surface area contributed by atoms with Gasteiger partial charge in [0.2, 0.25) is 12.7 Å². The Morgan fingerprint density at radius 2 is 1.83 bits per heavy atom. The zero-order valence-electron chi connectivity index (χ0n) is 18.9. The molecule has 0 aliphatic carbocycles. The van der Waals surface area contributed by atoms with Crippen LogP contribution in [0.25, 0.3) is 0 Å². The largest absolute Gasteiger partial charge is 0.454 e. The smallest absolute Gasteiger partial charge is 0.250 e. The minimum Gasteiger partial charge on any atom is -0.454 e. The summed E-state index contributed by atoms with van der Waals surface area (Å²) in [6.45, 7) is 0.904. The lowest BCUT2D eigenvalue weighted by atomic mass is 9.69. The van der Waals surface area contributed by atoms with Gasteiger partial charge < -0.3 is 14.8 Å². The van der Waals surface area contributed by atoms with Crippen molar-refractivity contribution in [3.8, 4) is 11.5 Å². The number of nitrogens with one attached hydrogen (secondary N) is 1. The van der Waals surface area contributed by atoms with Crippen LogP contribution in [0.1, 0.15) is 40.2 Å². The molecular weight excluding hydrogens is 464 g/mol. The number of nitrogens with zero attached hydrogens (tertiary/aromatic N) is 1. The van der Waals surface area contributed by atoms with Gasteiger partial charge in [-0.2, -0.15) is 0 Å². The number of hydrogen-bond acceptors (Lipinski definition) is 5. The summed E-state index contributed by atoms with van der Waals surface area (Å²) in [6.07, 6.45) is 1.91. The Labute approximate surface area is 207 Å². The second kappa shape index (κ2) is 7.57. The topological polar surface area (TPSA) is 67.9 Å². The maximum atomic E-state index is 14.5. The molecule has 0 unspecified atom stereocenters. The summed E-state index contributed by atoms with van der Waals surface area (Å²) in [6, 6.07) is 20.9. The van der Waals surface area contributed by atoms with Gasteiger partial charge in [0.25, 0.3) is 0 Å². The van der Waals surface area contributed by atoms with Crippen molar-refractivity contribution in [2.24, 2.45) is 5.92 Å². The Balaban J connectivity index is 1.46. The molecule has 4 aliphatic rings. The number of ether oxygens (including phenoxy) is 2. The van der Waals surface area contributed by atoms with E-state index in [4.69, 9.17) is 21.1 Å². The normalized spacial score (nSPS) is 28.3. The van der Waals surface area contributed by atoms with Crippen molar-refractivity contribution in [3.05, 3.63) is 88.4 Å². The number of para-hydroxylation sites is 1.